The molecule has 0 atom stereocenters. The number of ether oxygens (including phenoxy) is 1. The molecule has 0 bridgehead atoms. The van der Waals surface area contributed by atoms with Crippen molar-refractivity contribution in [3.05, 3.63) is 23.3 Å². The van der Waals surface area contributed by atoms with Gasteiger partial charge < -0.3 is 26.4 Å². The maximum Gasteiger partial charge on any atom is 0.402 e. The quantitative estimate of drug-likeness (QED) is 0.433. The molecule has 0 aromatic heterocycles. The molecule has 26 heavy (non-hydrogen) atoms. The van der Waals surface area contributed by atoms with Crippen LogP contribution in [-0.4, -0.2) is 40.8 Å². The molecule has 0 radical (unpaired) electrons. The second-order valence-electron chi connectivity index (χ2n) is 6.54. The molecule has 6 N–H and O–H groups in total. The molecule has 1 rings (SSSR count). The molecular formula is C17H28N2O7. The Balaban J connectivity index is 0. The van der Waals surface area contributed by atoms with Crippen LogP contribution in [0, 0.1) is 5.41 Å². The average Bonchev–Trinajstić information content (AvgIpc) is 2.38. The first-order chi connectivity index (χ1) is 11.7. The molecule has 0 spiro atoms. The van der Waals surface area contributed by atoms with Crippen molar-refractivity contribution in [2.75, 3.05) is 6.61 Å². The molecule has 148 valence electrons. The van der Waals surface area contributed by atoms with Gasteiger partial charge in [-0.15, -0.1) is 0 Å². The van der Waals surface area contributed by atoms with Gasteiger partial charge in [-0.2, -0.15) is 0 Å². The van der Waals surface area contributed by atoms with Crippen LogP contribution in [0.5, 0.6) is 0 Å². The minimum absolute atomic E-state index is 0.0546. The summed E-state index contributed by atoms with van der Waals surface area (Å²) in [6.45, 7) is 11.6. The van der Waals surface area contributed by atoms with Gasteiger partial charge in [0, 0.05) is 18.4 Å². The lowest BCUT2D eigenvalue weighted by molar-refractivity contribution is -0.139. The first kappa shape index (κ1) is 25.4. The second-order valence-corrected chi connectivity index (χ2v) is 6.54. The fourth-order valence-corrected chi connectivity index (χ4v) is 2.39. The van der Waals surface area contributed by atoms with Gasteiger partial charge >= 0.3 is 18.2 Å². The fourth-order valence-electron chi connectivity index (χ4n) is 2.39. The third-order valence-electron chi connectivity index (χ3n) is 3.17. The highest BCUT2D eigenvalue weighted by Crippen LogP contribution is 2.37. The van der Waals surface area contributed by atoms with E-state index in [1.54, 1.807) is 6.92 Å². The summed E-state index contributed by atoms with van der Waals surface area (Å²) in [5.41, 5.74) is 10.5. The van der Waals surface area contributed by atoms with Crippen LogP contribution in [0.25, 0.3) is 0 Å². The van der Waals surface area contributed by atoms with Gasteiger partial charge in [0.2, 0.25) is 0 Å². The zero-order chi connectivity index (χ0) is 21.1. The number of hydrogen-bond acceptors (Lipinski definition) is 5. The maximum atomic E-state index is 12.0. The molecule has 2 amide bonds. The lowest BCUT2D eigenvalue weighted by atomic mass is 9.73. The molecule has 0 saturated heterocycles. The number of esters is 1. The Morgan fingerprint density at radius 3 is 1.92 bits per heavy atom. The van der Waals surface area contributed by atoms with Gasteiger partial charge in [-0.25, -0.2) is 14.4 Å². The molecular weight excluding hydrogens is 344 g/mol. The zero-order valence-electron chi connectivity index (χ0n) is 15.6. The Kier molecular flexibility index (Phi) is 11.4. The molecule has 0 unspecified atom stereocenters. The van der Waals surface area contributed by atoms with Gasteiger partial charge in [0.1, 0.15) is 0 Å². The molecule has 0 heterocycles. The summed E-state index contributed by atoms with van der Waals surface area (Å²) in [6.07, 6.45) is -0.642. The van der Waals surface area contributed by atoms with E-state index in [4.69, 9.17) is 24.5 Å². The minimum atomic E-state index is -1.33. The van der Waals surface area contributed by atoms with Crippen molar-refractivity contribution in [3.63, 3.8) is 0 Å². The fraction of sp³-hybridized carbons (Fsp3) is 0.529. The van der Waals surface area contributed by atoms with E-state index < -0.39 is 18.2 Å². The van der Waals surface area contributed by atoms with E-state index in [0.29, 0.717) is 18.4 Å². The van der Waals surface area contributed by atoms with Crippen LogP contribution in [-0.2, 0) is 14.3 Å². The van der Waals surface area contributed by atoms with Crippen molar-refractivity contribution in [1.82, 2.24) is 0 Å². The zero-order valence-corrected chi connectivity index (χ0v) is 15.6. The Morgan fingerprint density at radius 2 is 1.58 bits per heavy atom. The SMILES string of the molecule is C=C(C)C(=O)OCCC1=C(C)CC(C)(C)CC1=O.NC(=O)O.NC(=O)O. The predicted molar refractivity (Wildman–Crippen MR) is 95.5 cm³/mol. The Labute approximate surface area is 152 Å². The third-order valence-corrected chi connectivity index (χ3v) is 3.17. The first-order valence-corrected chi connectivity index (χ1v) is 7.71. The smallest absolute Gasteiger partial charge is 0.402 e. The van der Waals surface area contributed by atoms with E-state index in [2.05, 4.69) is 31.9 Å². The number of primary amides is 2. The summed E-state index contributed by atoms with van der Waals surface area (Å²) >= 11 is 0. The summed E-state index contributed by atoms with van der Waals surface area (Å²) in [6, 6.07) is 0. The van der Waals surface area contributed by atoms with E-state index in [0.717, 1.165) is 17.6 Å². The van der Waals surface area contributed by atoms with Crippen molar-refractivity contribution < 1.29 is 34.1 Å². The lowest BCUT2D eigenvalue weighted by Crippen LogP contribution is -2.25. The topological polar surface area (TPSA) is 170 Å². The van der Waals surface area contributed by atoms with Gasteiger partial charge in [-0.1, -0.05) is 26.0 Å². The van der Waals surface area contributed by atoms with Crippen LogP contribution in [0.2, 0.25) is 0 Å². The summed E-state index contributed by atoms with van der Waals surface area (Å²) in [7, 11) is 0. The van der Waals surface area contributed by atoms with Crippen molar-refractivity contribution in [2.24, 2.45) is 16.9 Å². The Bertz CT molecular complexity index is 572. The molecule has 0 aromatic carbocycles. The molecule has 0 aromatic rings. The van der Waals surface area contributed by atoms with Crippen molar-refractivity contribution >= 4 is 23.9 Å². The Hall–Kier alpha value is -2.84. The molecule has 1 aliphatic rings. The number of hydrogen-bond donors (Lipinski definition) is 4. The highest BCUT2D eigenvalue weighted by atomic mass is 16.5. The summed E-state index contributed by atoms with van der Waals surface area (Å²) in [5, 5.41) is 14.4. The number of nitrogens with two attached hydrogens (primary N) is 2. The number of rotatable bonds is 4. The largest absolute Gasteiger partial charge is 0.465 e. The van der Waals surface area contributed by atoms with Crippen molar-refractivity contribution in [3.8, 4) is 0 Å². The van der Waals surface area contributed by atoms with E-state index in [1.165, 1.54) is 0 Å². The van der Waals surface area contributed by atoms with Crippen LogP contribution < -0.4 is 11.5 Å². The standard InChI is InChI=1S/C15H22O3.2CH3NO2/c1-10(2)14(17)18-7-6-12-11(3)8-15(4,5)9-13(12)16;2*2-1(3)4/h1,6-9H2,2-5H3;2*2H2,(H,3,4). The molecule has 9 heteroatoms. The normalized spacial score (nSPS) is 14.8. The first-order valence-electron chi connectivity index (χ1n) is 7.71. The number of amides is 2. The van der Waals surface area contributed by atoms with Gasteiger partial charge in [-0.05, 0) is 31.3 Å². The van der Waals surface area contributed by atoms with Crippen LogP contribution in [0.4, 0.5) is 9.59 Å². The predicted octanol–water partition coefficient (Wildman–Crippen LogP) is 2.45. The van der Waals surface area contributed by atoms with Gasteiger partial charge in [0.15, 0.2) is 5.78 Å². The van der Waals surface area contributed by atoms with Crippen molar-refractivity contribution in [1.29, 1.82) is 0 Å². The number of ketones is 1. The molecule has 0 fully saturated rings. The van der Waals surface area contributed by atoms with Crippen LogP contribution in [0.1, 0.15) is 47.0 Å². The molecule has 0 aliphatic heterocycles. The summed E-state index contributed by atoms with van der Waals surface area (Å²) < 4.78 is 5.03. The third kappa shape index (κ3) is 13.6. The second kappa shape index (κ2) is 11.7. The summed E-state index contributed by atoms with van der Waals surface area (Å²) in [4.78, 5) is 40.8. The van der Waals surface area contributed by atoms with Gasteiger partial charge in [0.25, 0.3) is 0 Å². The van der Waals surface area contributed by atoms with Gasteiger partial charge in [0.05, 0.1) is 6.61 Å². The number of Topliss-reactive ketones (excluding diaryl/α,β-unsaturated/α-hetero) is 1. The van der Waals surface area contributed by atoms with E-state index in [9.17, 15) is 9.59 Å². The number of allylic oxidation sites excluding steroid dienone is 1. The van der Waals surface area contributed by atoms with E-state index in [-0.39, 0.29) is 17.8 Å². The molecule has 1 aliphatic carbocycles. The highest BCUT2D eigenvalue weighted by molar-refractivity contribution is 5.97. The Morgan fingerprint density at radius 1 is 1.15 bits per heavy atom. The summed E-state index contributed by atoms with van der Waals surface area (Å²) in [5.74, 6) is -0.202. The van der Waals surface area contributed by atoms with Crippen LogP contribution >= 0.6 is 0 Å². The molecule has 9 nitrogen and oxygen atoms in total. The lowest BCUT2D eigenvalue weighted by Gasteiger charge is -2.31. The van der Waals surface area contributed by atoms with Crippen LogP contribution in [0.15, 0.2) is 23.3 Å². The van der Waals surface area contributed by atoms with E-state index >= 15 is 0 Å². The maximum absolute atomic E-state index is 12.0. The average molecular weight is 372 g/mol. The molecule has 0 saturated carbocycles. The van der Waals surface area contributed by atoms with Crippen LogP contribution in [0.3, 0.4) is 0 Å². The van der Waals surface area contributed by atoms with Crippen molar-refractivity contribution in [2.45, 2.75) is 47.0 Å². The van der Waals surface area contributed by atoms with E-state index in [1.807, 2.05) is 6.92 Å². The highest BCUT2D eigenvalue weighted by Gasteiger charge is 2.30. The number of carboxylic acid groups (broad SMARTS) is 2. The number of carbonyl (C=O) groups is 4. The minimum Gasteiger partial charge on any atom is -0.465 e. The number of carbonyl (C=O) groups excluding carboxylic acids is 2. The monoisotopic (exact) mass is 372 g/mol. The van der Waals surface area contributed by atoms with Gasteiger partial charge in [-0.3, -0.25) is 4.79 Å².